The van der Waals surface area contributed by atoms with Crippen molar-refractivity contribution >= 4 is 23.4 Å². The fourth-order valence-corrected chi connectivity index (χ4v) is 4.13. The van der Waals surface area contributed by atoms with E-state index >= 15 is 0 Å². The zero-order valence-electron chi connectivity index (χ0n) is 18.6. The Morgan fingerprint density at radius 1 is 1.00 bits per heavy atom. The molecule has 0 fully saturated rings. The summed E-state index contributed by atoms with van der Waals surface area (Å²) in [6, 6.07) is 14.8. The Labute approximate surface area is 175 Å². The van der Waals surface area contributed by atoms with Crippen molar-refractivity contribution in [2.45, 2.75) is 65.2 Å². The molecular weight excluding hydrogens is 358 g/mol. The van der Waals surface area contributed by atoms with Crippen molar-refractivity contribution in [3.63, 3.8) is 0 Å². The number of amides is 1. The molecule has 1 N–H and O–H groups in total. The summed E-state index contributed by atoms with van der Waals surface area (Å²) in [6.45, 7) is 13.7. The summed E-state index contributed by atoms with van der Waals surface area (Å²) in [7, 11) is 0. The van der Waals surface area contributed by atoms with E-state index in [2.05, 4.69) is 64.2 Å². The van der Waals surface area contributed by atoms with Gasteiger partial charge in [-0.05, 0) is 77.5 Å². The second-order valence-corrected chi connectivity index (χ2v) is 9.32. The van der Waals surface area contributed by atoms with Gasteiger partial charge in [0.2, 0.25) is 0 Å². The van der Waals surface area contributed by atoms with Crippen LogP contribution in [0.4, 0.5) is 10.5 Å². The molecule has 0 radical (unpaired) electrons. The molecule has 0 aromatic heterocycles. The lowest BCUT2D eigenvalue weighted by molar-refractivity contribution is 0.168. The van der Waals surface area contributed by atoms with Crippen molar-refractivity contribution < 1.29 is 9.53 Å². The Hall–Kier alpha value is -2.55. The maximum absolute atomic E-state index is 11.5. The molecule has 0 spiro atoms. The number of hydrogen-bond acceptors (Lipinski definition) is 2. The lowest BCUT2D eigenvalue weighted by Crippen LogP contribution is -2.33. The van der Waals surface area contributed by atoms with Crippen LogP contribution in [0.2, 0.25) is 0 Å². The largest absolute Gasteiger partial charge is 0.450 e. The number of anilines is 1. The minimum absolute atomic E-state index is 0.211. The van der Waals surface area contributed by atoms with Crippen LogP contribution in [0.5, 0.6) is 0 Å². The predicted octanol–water partition coefficient (Wildman–Crippen LogP) is 7.16. The Balaban J connectivity index is 1.84. The molecule has 3 nitrogen and oxygen atoms in total. The van der Waals surface area contributed by atoms with Crippen LogP contribution in [-0.4, -0.2) is 12.7 Å². The van der Waals surface area contributed by atoms with Crippen molar-refractivity contribution in [3.8, 4) is 0 Å². The summed E-state index contributed by atoms with van der Waals surface area (Å²) >= 11 is 0. The van der Waals surface area contributed by atoms with Gasteiger partial charge in [0.05, 0.1) is 6.61 Å². The van der Waals surface area contributed by atoms with Gasteiger partial charge in [-0.1, -0.05) is 64.1 Å². The summed E-state index contributed by atoms with van der Waals surface area (Å²) in [5, 5.41) is 2.73. The topological polar surface area (TPSA) is 38.3 Å². The maximum Gasteiger partial charge on any atom is 0.411 e. The van der Waals surface area contributed by atoms with Gasteiger partial charge in [-0.15, -0.1) is 0 Å². The van der Waals surface area contributed by atoms with Gasteiger partial charge in [0.25, 0.3) is 0 Å². The molecule has 0 heterocycles. The van der Waals surface area contributed by atoms with Crippen molar-refractivity contribution in [1.82, 2.24) is 0 Å². The quantitative estimate of drug-likeness (QED) is 0.561. The summed E-state index contributed by atoms with van der Waals surface area (Å²) in [5.74, 6) is 0. The van der Waals surface area contributed by atoms with E-state index in [9.17, 15) is 4.79 Å². The van der Waals surface area contributed by atoms with Gasteiger partial charge < -0.3 is 4.74 Å². The van der Waals surface area contributed by atoms with E-state index in [0.717, 1.165) is 11.3 Å². The van der Waals surface area contributed by atoms with E-state index in [1.807, 2.05) is 24.3 Å². The number of allylic oxidation sites excluding steroid dienone is 1. The molecule has 29 heavy (non-hydrogen) atoms. The number of fused-ring (bicyclic) bond motifs is 1. The van der Waals surface area contributed by atoms with E-state index in [4.69, 9.17) is 4.74 Å². The Morgan fingerprint density at radius 3 is 2.24 bits per heavy atom. The van der Waals surface area contributed by atoms with Crippen molar-refractivity contribution in [3.05, 3.63) is 64.7 Å². The highest BCUT2D eigenvalue weighted by atomic mass is 16.5. The number of benzene rings is 2. The minimum atomic E-state index is -0.424. The van der Waals surface area contributed by atoms with Crippen LogP contribution >= 0.6 is 0 Å². The highest BCUT2D eigenvalue weighted by Gasteiger charge is 2.36. The lowest BCUT2D eigenvalue weighted by atomic mass is 9.63. The van der Waals surface area contributed by atoms with Crippen LogP contribution in [0, 0.1) is 0 Å². The third-order valence-corrected chi connectivity index (χ3v) is 6.12. The van der Waals surface area contributed by atoms with Gasteiger partial charge in [-0.25, -0.2) is 4.79 Å². The normalized spacial score (nSPS) is 17.4. The standard InChI is InChI=1S/C26H33NO2/c1-7-29-24(28)27-21-11-9-20(10-12-21)18(2)16-19-8-13-22-23(17-19)26(5,6)15-14-25(22,3)4/h8-13,16-17H,7,14-15H2,1-6H3,(H,27,28)/b18-16-. The first-order chi connectivity index (χ1) is 13.6. The zero-order valence-corrected chi connectivity index (χ0v) is 18.6. The molecule has 2 aromatic rings. The van der Waals surface area contributed by atoms with Gasteiger partial charge in [-0.3, -0.25) is 5.32 Å². The molecular formula is C26H33NO2. The van der Waals surface area contributed by atoms with Crippen LogP contribution in [0.3, 0.4) is 0 Å². The van der Waals surface area contributed by atoms with Gasteiger partial charge in [0, 0.05) is 5.69 Å². The van der Waals surface area contributed by atoms with Gasteiger partial charge >= 0.3 is 6.09 Å². The van der Waals surface area contributed by atoms with Gasteiger partial charge in [0.1, 0.15) is 0 Å². The van der Waals surface area contributed by atoms with E-state index < -0.39 is 6.09 Å². The number of nitrogens with one attached hydrogen (secondary N) is 1. The molecule has 0 aliphatic heterocycles. The molecule has 3 rings (SSSR count). The minimum Gasteiger partial charge on any atom is -0.450 e. The molecule has 0 saturated heterocycles. The summed E-state index contributed by atoms with van der Waals surface area (Å²) < 4.78 is 4.92. The second kappa shape index (κ2) is 8.06. The number of carbonyl (C=O) groups excluding carboxylic acids is 1. The number of rotatable bonds is 4. The average molecular weight is 392 g/mol. The summed E-state index contributed by atoms with van der Waals surface area (Å²) in [5.41, 5.74) is 7.71. The van der Waals surface area contributed by atoms with Crippen LogP contribution in [0.15, 0.2) is 42.5 Å². The molecule has 0 bridgehead atoms. The second-order valence-electron chi connectivity index (χ2n) is 9.32. The van der Waals surface area contributed by atoms with E-state index in [1.165, 1.54) is 35.1 Å². The Morgan fingerprint density at radius 2 is 1.62 bits per heavy atom. The molecule has 1 aliphatic rings. The van der Waals surface area contributed by atoms with Crippen LogP contribution in [0.25, 0.3) is 11.6 Å². The highest BCUT2D eigenvalue weighted by Crippen LogP contribution is 2.46. The fraction of sp³-hybridized carbons (Fsp3) is 0.423. The number of ether oxygens (including phenoxy) is 1. The highest BCUT2D eigenvalue weighted by molar-refractivity contribution is 5.86. The lowest BCUT2D eigenvalue weighted by Gasteiger charge is -2.42. The monoisotopic (exact) mass is 391 g/mol. The SMILES string of the molecule is CCOC(=O)Nc1ccc(/C(C)=C\c2ccc3c(c2)C(C)(C)CCC3(C)C)cc1. The molecule has 0 saturated carbocycles. The maximum atomic E-state index is 11.5. The predicted molar refractivity (Wildman–Crippen MR) is 122 cm³/mol. The van der Waals surface area contributed by atoms with Crippen molar-refractivity contribution in [2.24, 2.45) is 0 Å². The number of carbonyl (C=O) groups is 1. The molecule has 0 unspecified atom stereocenters. The fourth-order valence-electron chi connectivity index (χ4n) is 4.13. The smallest absolute Gasteiger partial charge is 0.411 e. The Kier molecular flexibility index (Phi) is 5.88. The van der Waals surface area contributed by atoms with E-state index in [0.29, 0.717) is 6.61 Å². The molecule has 1 aliphatic carbocycles. The first-order valence-corrected chi connectivity index (χ1v) is 10.5. The molecule has 3 heteroatoms. The zero-order chi connectivity index (χ0) is 21.2. The molecule has 0 atom stereocenters. The third-order valence-electron chi connectivity index (χ3n) is 6.12. The van der Waals surface area contributed by atoms with Crippen LogP contribution < -0.4 is 5.32 Å². The van der Waals surface area contributed by atoms with Crippen LogP contribution in [-0.2, 0) is 15.6 Å². The Bertz CT molecular complexity index is 920. The molecule has 154 valence electrons. The van der Waals surface area contributed by atoms with Crippen molar-refractivity contribution in [1.29, 1.82) is 0 Å². The third kappa shape index (κ3) is 4.72. The molecule has 2 aromatic carbocycles. The first-order valence-electron chi connectivity index (χ1n) is 10.5. The summed E-state index contributed by atoms with van der Waals surface area (Å²) in [6.07, 6.45) is 4.26. The van der Waals surface area contributed by atoms with Crippen molar-refractivity contribution in [2.75, 3.05) is 11.9 Å². The van der Waals surface area contributed by atoms with Gasteiger partial charge in [0.15, 0.2) is 0 Å². The van der Waals surface area contributed by atoms with Gasteiger partial charge in [-0.2, -0.15) is 0 Å². The van der Waals surface area contributed by atoms with Crippen LogP contribution in [0.1, 0.15) is 76.6 Å². The molecule has 1 amide bonds. The van der Waals surface area contributed by atoms with E-state index in [1.54, 1.807) is 6.92 Å². The average Bonchev–Trinajstić information content (AvgIpc) is 2.66. The number of hydrogen-bond donors (Lipinski definition) is 1. The first kappa shape index (κ1) is 21.2. The van der Waals surface area contributed by atoms with E-state index in [-0.39, 0.29) is 10.8 Å². The summed E-state index contributed by atoms with van der Waals surface area (Å²) in [4.78, 5) is 11.5.